The van der Waals surface area contributed by atoms with Crippen LogP contribution in [-0.2, 0) is 16.0 Å². The van der Waals surface area contributed by atoms with Gasteiger partial charge in [-0.1, -0.05) is 18.2 Å². The number of benzene rings is 1. The van der Waals surface area contributed by atoms with Gasteiger partial charge in [0, 0.05) is 31.6 Å². The molecule has 0 fully saturated rings. The predicted octanol–water partition coefficient (Wildman–Crippen LogP) is 1.95. The van der Waals surface area contributed by atoms with E-state index in [2.05, 4.69) is 0 Å². The molecular formula is C14H20ClNO3. The molecule has 0 aliphatic rings. The Kier molecular flexibility index (Phi) is 7.30. The van der Waals surface area contributed by atoms with Crippen molar-refractivity contribution in [2.75, 3.05) is 39.8 Å². The van der Waals surface area contributed by atoms with E-state index in [9.17, 15) is 4.79 Å². The van der Waals surface area contributed by atoms with E-state index in [1.165, 1.54) is 0 Å². The van der Waals surface area contributed by atoms with Gasteiger partial charge in [0.1, 0.15) is 5.75 Å². The fourth-order valence-electron chi connectivity index (χ4n) is 1.79. The van der Waals surface area contributed by atoms with Crippen molar-refractivity contribution in [1.82, 2.24) is 4.90 Å². The molecule has 0 aromatic heterocycles. The van der Waals surface area contributed by atoms with E-state index in [1.54, 1.807) is 19.1 Å². The Balaban J connectivity index is 2.69. The SMILES string of the molecule is COCCN(CCCl)C(=O)Cc1ccccc1OC. The molecule has 0 aliphatic heterocycles. The van der Waals surface area contributed by atoms with Gasteiger partial charge >= 0.3 is 0 Å². The molecule has 0 unspecified atom stereocenters. The number of halogens is 1. The van der Waals surface area contributed by atoms with E-state index >= 15 is 0 Å². The van der Waals surface area contributed by atoms with Crippen molar-refractivity contribution >= 4 is 17.5 Å². The van der Waals surface area contributed by atoms with Gasteiger partial charge in [-0.15, -0.1) is 11.6 Å². The highest BCUT2D eigenvalue weighted by Crippen LogP contribution is 2.18. The zero-order valence-corrected chi connectivity index (χ0v) is 12.2. The molecule has 0 spiro atoms. The van der Waals surface area contributed by atoms with Gasteiger partial charge in [0.2, 0.25) is 5.91 Å². The van der Waals surface area contributed by atoms with Crippen LogP contribution in [0, 0.1) is 0 Å². The van der Waals surface area contributed by atoms with Gasteiger partial charge in [-0.2, -0.15) is 0 Å². The summed E-state index contributed by atoms with van der Waals surface area (Å²) in [6, 6.07) is 7.52. The van der Waals surface area contributed by atoms with Crippen LogP contribution in [0.5, 0.6) is 5.75 Å². The lowest BCUT2D eigenvalue weighted by molar-refractivity contribution is -0.130. The summed E-state index contributed by atoms with van der Waals surface area (Å²) in [6.07, 6.45) is 0.310. The number of hydrogen-bond acceptors (Lipinski definition) is 3. The second kappa shape index (κ2) is 8.77. The van der Waals surface area contributed by atoms with Gasteiger partial charge in [-0.05, 0) is 6.07 Å². The molecule has 1 amide bonds. The summed E-state index contributed by atoms with van der Waals surface area (Å²) in [5.74, 6) is 1.18. The molecule has 4 nitrogen and oxygen atoms in total. The van der Waals surface area contributed by atoms with Gasteiger partial charge < -0.3 is 14.4 Å². The standard InChI is InChI=1S/C14H20ClNO3/c1-18-10-9-16(8-7-15)14(17)11-12-5-3-4-6-13(12)19-2/h3-6H,7-11H2,1-2H3. The summed E-state index contributed by atoms with van der Waals surface area (Å²) in [5.41, 5.74) is 0.881. The average molecular weight is 286 g/mol. The Morgan fingerprint density at radius 1 is 1.26 bits per heavy atom. The van der Waals surface area contributed by atoms with Crippen LogP contribution < -0.4 is 4.74 Å². The number of para-hydroxylation sites is 1. The summed E-state index contributed by atoms with van der Waals surface area (Å²) < 4.78 is 10.2. The number of ether oxygens (including phenoxy) is 2. The molecular weight excluding hydrogens is 266 g/mol. The van der Waals surface area contributed by atoms with Crippen LogP contribution in [0.4, 0.5) is 0 Å². The third-order valence-electron chi connectivity index (χ3n) is 2.81. The Labute approximate surface area is 119 Å². The van der Waals surface area contributed by atoms with Crippen molar-refractivity contribution in [3.8, 4) is 5.75 Å². The first-order chi connectivity index (χ1) is 9.22. The molecule has 0 N–H and O–H groups in total. The molecule has 1 aromatic carbocycles. The van der Waals surface area contributed by atoms with Crippen LogP contribution in [0.2, 0.25) is 0 Å². The Morgan fingerprint density at radius 2 is 2.00 bits per heavy atom. The van der Waals surface area contributed by atoms with E-state index < -0.39 is 0 Å². The molecule has 5 heteroatoms. The molecule has 0 aliphatic carbocycles. The third-order valence-corrected chi connectivity index (χ3v) is 2.98. The van der Waals surface area contributed by atoms with Crippen molar-refractivity contribution in [3.63, 3.8) is 0 Å². The maximum absolute atomic E-state index is 12.2. The lowest BCUT2D eigenvalue weighted by Crippen LogP contribution is -2.36. The van der Waals surface area contributed by atoms with Gasteiger partial charge in [-0.25, -0.2) is 0 Å². The summed E-state index contributed by atoms with van der Waals surface area (Å²) in [7, 11) is 3.22. The van der Waals surface area contributed by atoms with Crippen molar-refractivity contribution in [2.24, 2.45) is 0 Å². The molecule has 0 saturated heterocycles. The largest absolute Gasteiger partial charge is 0.496 e. The quantitative estimate of drug-likeness (QED) is 0.685. The van der Waals surface area contributed by atoms with Gasteiger partial charge in [0.15, 0.2) is 0 Å². The third kappa shape index (κ3) is 5.09. The Bertz CT molecular complexity index is 398. The first kappa shape index (κ1) is 15.8. The minimum Gasteiger partial charge on any atom is -0.496 e. The van der Waals surface area contributed by atoms with Crippen LogP contribution in [0.3, 0.4) is 0 Å². The number of hydrogen-bond donors (Lipinski definition) is 0. The first-order valence-electron chi connectivity index (χ1n) is 6.17. The van der Waals surface area contributed by atoms with Crippen molar-refractivity contribution in [2.45, 2.75) is 6.42 Å². The number of carbonyl (C=O) groups excluding carboxylic acids is 1. The van der Waals surface area contributed by atoms with Crippen LogP contribution in [0.15, 0.2) is 24.3 Å². The fraction of sp³-hybridized carbons (Fsp3) is 0.500. The molecule has 0 atom stereocenters. The molecule has 0 radical (unpaired) electrons. The minimum atomic E-state index is 0.0298. The van der Waals surface area contributed by atoms with Crippen LogP contribution in [0.1, 0.15) is 5.56 Å². The molecule has 0 heterocycles. The summed E-state index contributed by atoms with van der Waals surface area (Å²) in [4.78, 5) is 13.9. The van der Waals surface area contributed by atoms with E-state index in [0.29, 0.717) is 32.0 Å². The van der Waals surface area contributed by atoms with Crippen LogP contribution >= 0.6 is 11.6 Å². The number of nitrogens with zero attached hydrogens (tertiary/aromatic N) is 1. The molecule has 0 bridgehead atoms. The first-order valence-corrected chi connectivity index (χ1v) is 6.71. The topological polar surface area (TPSA) is 38.8 Å². The van der Waals surface area contributed by atoms with Gasteiger partial charge in [0.25, 0.3) is 0 Å². The number of amides is 1. The van der Waals surface area contributed by atoms with Crippen molar-refractivity contribution in [1.29, 1.82) is 0 Å². The highest BCUT2D eigenvalue weighted by Gasteiger charge is 2.15. The highest BCUT2D eigenvalue weighted by molar-refractivity contribution is 6.18. The summed E-state index contributed by atoms with van der Waals surface area (Å²) in [5, 5.41) is 0. The molecule has 1 aromatic rings. The zero-order chi connectivity index (χ0) is 14.1. The second-order valence-corrected chi connectivity index (χ2v) is 4.43. The lowest BCUT2D eigenvalue weighted by Gasteiger charge is -2.21. The van der Waals surface area contributed by atoms with E-state index in [-0.39, 0.29) is 5.91 Å². The maximum Gasteiger partial charge on any atom is 0.227 e. The number of rotatable bonds is 8. The van der Waals surface area contributed by atoms with Crippen LogP contribution in [0.25, 0.3) is 0 Å². The van der Waals surface area contributed by atoms with E-state index in [4.69, 9.17) is 21.1 Å². The molecule has 106 valence electrons. The molecule has 1 rings (SSSR count). The van der Waals surface area contributed by atoms with Gasteiger partial charge in [-0.3, -0.25) is 4.79 Å². The zero-order valence-electron chi connectivity index (χ0n) is 11.4. The summed E-state index contributed by atoms with van der Waals surface area (Å²) in [6.45, 7) is 1.59. The lowest BCUT2D eigenvalue weighted by atomic mass is 10.1. The Hall–Kier alpha value is -1.26. The number of alkyl halides is 1. The molecule has 0 saturated carbocycles. The number of carbonyl (C=O) groups is 1. The van der Waals surface area contributed by atoms with Gasteiger partial charge in [0.05, 0.1) is 20.1 Å². The Morgan fingerprint density at radius 3 is 2.63 bits per heavy atom. The molecule has 19 heavy (non-hydrogen) atoms. The minimum absolute atomic E-state index is 0.0298. The highest BCUT2D eigenvalue weighted by atomic mass is 35.5. The number of methoxy groups -OCH3 is 2. The maximum atomic E-state index is 12.2. The van der Waals surface area contributed by atoms with E-state index in [0.717, 1.165) is 11.3 Å². The second-order valence-electron chi connectivity index (χ2n) is 4.05. The predicted molar refractivity (Wildman–Crippen MR) is 75.9 cm³/mol. The monoisotopic (exact) mass is 285 g/mol. The van der Waals surface area contributed by atoms with E-state index in [1.807, 2.05) is 24.3 Å². The summed E-state index contributed by atoms with van der Waals surface area (Å²) >= 11 is 5.72. The normalized spacial score (nSPS) is 10.3. The fourth-order valence-corrected chi connectivity index (χ4v) is 1.99. The van der Waals surface area contributed by atoms with Crippen LogP contribution in [-0.4, -0.2) is 50.6 Å². The van der Waals surface area contributed by atoms with Crippen molar-refractivity contribution in [3.05, 3.63) is 29.8 Å². The smallest absolute Gasteiger partial charge is 0.227 e. The van der Waals surface area contributed by atoms with Crippen molar-refractivity contribution < 1.29 is 14.3 Å². The average Bonchev–Trinajstić information content (AvgIpc) is 2.44.